The van der Waals surface area contributed by atoms with Gasteiger partial charge in [0.15, 0.2) is 0 Å². The summed E-state index contributed by atoms with van der Waals surface area (Å²) in [4.78, 5) is 3.90. The molecule has 6 heteroatoms. The van der Waals surface area contributed by atoms with Crippen LogP contribution in [-0.2, 0) is 0 Å². The van der Waals surface area contributed by atoms with Crippen molar-refractivity contribution in [2.75, 3.05) is 6.61 Å². The van der Waals surface area contributed by atoms with Gasteiger partial charge in [0.1, 0.15) is 23.2 Å². The molecule has 1 unspecified atom stereocenters. The first kappa shape index (κ1) is 14.3. The van der Waals surface area contributed by atoms with Crippen LogP contribution >= 0.6 is 0 Å². The molecular weight excluding hydrogens is 269 g/mol. The van der Waals surface area contributed by atoms with Gasteiger partial charge in [-0.1, -0.05) is 0 Å². The Kier molecular flexibility index (Phi) is 4.24. The quantitative estimate of drug-likeness (QED) is 0.938. The van der Waals surface area contributed by atoms with Crippen LogP contribution in [0.25, 0.3) is 0 Å². The molecule has 0 spiro atoms. The summed E-state index contributed by atoms with van der Waals surface area (Å²) in [5.41, 5.74) is 5.81. The smallest absolute Gasteiger partial charge is 0.137 e. The number of nitrogens with zero attached hydrogens (tertiary/aromatic N) is 1. The Morgan fingerprint density at radius 3 is 2.40 bits per heavy atom. The van der Waals surface area contributed by atoms with Crippen LogP contribution in [0.5, 0.6) is 5.75 Å². The molecule has 2 rings (SSSR count). The molecule has 0 aliphatic carbocycles. The highest BCUT2D eigenvalue weighted by Crippen LogP contribution is 2.27. The Morgan fingerprint density at radius 2 is 1.80 bits per heavy atom. The molecule has 0 aliphatic heterocycles. The van der Waals surface area contributed by atoms with Gasteiger partial charge in [-0.05, 0) is 18.6 Å². The number of pyridine rings is 1. The number of benzene rings is 1. The van der Waals surface area contributed by atoms with E-state index in [1.54, 1.807) is 13.0 Å². The molecule has 0 aliphatic rings. The van der Waals surface area contributed by atoms with Crippen LogP contribution in [0.15, 0.2) is 30.6 Å². The van der Waals surface area contributed by atoms with E-state index in [2.05, 4.69) is 4.98 Å². The number of halogens is 3. The molecule has 1 heterocycles. The lowest BCUT2D eigenvalue weighted by Crippen LogP contribution is -2.16. The van der Waals surface area contributed by atoms with Gasteiger partial charge >= 0.3 is 0 Å². The molecule has 1 atom stereocenters. The Morgan fingerprint density at radius 1 is 1.15 bits per heavy atom. The second kappa shape index (κ2) is 5.92. The maximum absolute atomic E-state index is 13.7. The predicted molar refractivity (Wildman–Crippen MR) is 67.8 cm³/mol. The van der Waals surface area contributed by atoms with Gasteiger partial charge in [-0.2, -0.15) is 0 Å². The summed E-state index contributed by atoms with van der Waals surface area (Å²) in [5.74, 6) is -2.60. The van der Waals surface area contributed by atoms with E-state index in [0.29, 0.717) is 30.1 Å². The van der Waals surface area contributed by atoms with Gasteiger partial charge in [0.05, 0.1) is 18.8 Å². The number of hydrogen-bond acceptors (Lipinski definition) is 3. The Labute approximate surface area is 114 Å². The molecule has 3 nitrogen and oxygen atoms in total. The fraction of sp³-hybridized carbons (Fsp3) is 0.214. The molecule has 2 N–H and O–H groups in total. The molecule has 0 saturated carbocycles. The molecule has 0 fully saturated rings. The first-order valence-electron chi connectivity index (χ1n) is 6.00. The number of hydrogen-bond donors (Lipinski definition) is 1. The zero-order chi connectivity index (χ0) is 14.7. The van der Waals surface area contributed by atoms with E-state index in [1.807, 2.05) is 0 Å². The maximum atomic E-state index is 13.7. The van der Waals surface area contributed by atoms with Crippen molar-refractivity contribution in [3.8, 4) is 5.75 Å². The van der Waals surface area contributed by atoms with Crippen molar-refractivity contribution in [2.45, 2.75) is 13.0 Å². The van der Waals surface area contributed by atoms with E-state index in [9.17, 15) is 13.2 Å². The van der Waals surface area contributed by atoms with Crippen LogP contribution in [0, 0.1) is 17.5 Å². The lowest BCUT2D eigenvalue weighted by atomic mass is 10.00. The molecule has 0 radical (unpaired) electrons. The molecule has 1 aromatic heterocycles. The summed E-state index contributed by atoms with van der Waals surface area (Å²) >= 11 is 0. The van der Waals surface area contributed by atoms with Crippen LogP contribution in [0.1, 0.15) is 24.1 Å². The molecule has 0 saturated heterocycles. The van der Waals surface area contributed by atoms with Gasteiger partial charge < -0.3 is 10.5 Å². The van der Waals surface area contributed by atoms with Gasteiger partial charge in [-0.25, -0.2) is 13.2 Å². The van der Waals surface area contributed by atoms with Gasteiger partial charge in [0, 0.05) is 23.9 Å². The lowest BCUT2D eigenvalue weighted by molar-refractivity contribution is 0.338. The van der Waals surface area contributed by atoms with E-state index >= 15 is 0 Å². The van der Waals surface area contributed by atoms with Crippen LogP contribution < -0.4 is 10.5 Å². The molecule has 106 valence electrons. The average molecular weight is 282 g/mol. The van der Waals surface area contributed by atoms with E-state index in [4.69, 9.17) is 10.5 Å². The van der Waals surface area contributed by atoms with E-state index < -0.39 is 29.1 Å². The van der Waals surface area contributed by atoms with Crippen molar-refractivity contribution in [3.05, 3.63) is 59.2 Å². The van der Waals surface area contributed by atoms with Gasteiger partial charge in [0.2, 0.25) is 0 Å². The SMILES string of the molecule is CCOc1cncc(C(N)c2c(F)cc(F)cc2F)c1. The summed E-state index contributed by atoms with van der Waals surface area (Å²) in [6, 6.07) is 1.64. The summed E-state index contributed by atoms with van der Waals surface area (Å²) in [5, 5.41) is 0. The largest absolute Gasteiger partial charge is 0.492 e. The minimum atomic E-state index is -1.09. The van der Waals surface area contributed by atoms with Crippen molar-refractivity contribution in [3.63, 3.8) is 0 Å². The van der Waals surface area contributed by atoms with Crippen molar-refractivity contribution in [1.82, 2.24) is 4.98 Å². The topological polar surface area (TPSA) is 48.1 Å². The van der Waals surface area contributed by atoms with Crippen LogP contribution in [0.3, 0.4) is 0 Å². The highest BCUT2D eigenvalue weighted by atomic mass is 19.1. The summed E-state index contributed by atoms with van der Waals surface area (Å²) in [6.45, 7) is 2.23. The summed E-state index contributed by atoms with van der Waals surface area (Å²) in [6.07, 6.45) is 2.85. The van der Waals surface area contributed by atoms with Gasteiger partial charge in [0.25, 0.3) is 0 Å². The average Bonchev–Trinajstić information content (AvgIpc) is 2.38. The monoisotopic (exact) mass is 282 g/mol. The van der Waals surface area contributed by atoms with E-state index in [-0.39, 0.29) is 0 Å². The number of rotatable bonds is 4. The standard InChI is InChI=1S/C14H13F3N2O/c1-2-20-10-3-8(6-19-7-10)14(18)13-11(16)4-9(15)5-12(13)17/h3-7,14H,2,18H2,1H3. The second-order valence-electron chi connectivity index (χ2n) is 4.15. The maximum Gasteiger partial charge on any atom is 0.137 e. The van der Waals surface area contributed by atoms with E-state index in [0.717, 1.165) is 0 Å². The summed E-state index contributed by atoms with van der Waals surface area (Å²) in [7, 11) is 0. The lowest BCUT2D eigenvalue weighted by Gasteiger charge is -2.15. The normalized spacial score (nSPS) is 12.2. The van der Waals surface area contributed by atoms with Crippen molar-refractivity contribution in [1.29, 1.82) is 0 Å². The third kappa shape index (κ3) is 2.91. The molecule has 2 aromatic rings. The van der Waals surface area contributed by atoms with Crippen LogP contribution in [0.2, 0.25) is 0 Å². The highest BCUT2D eigenvalue weighted by molar-refractivity contribution is 5.35. The number of ether oxygens (including phenoxy) is 1. The first-order chi connectivity index (χ1) is 9.52. The zero-order valence-electron chi connectivity index (χ0n) is 10.7. The van der Waals surface area contributed by atoms with Crippen LogP contribution in [-0.4, -0.2) is 11.6 Å². The minimum absolute atomic E-state index is 0.375. The minimum Gasteiger partial charge on any atom is -0.492 e. The van der Waals surface area contributed by atoms with E-state index in [1.165, 1.54) is 12.4 Å². The third-order valence-corrected chi connectivity index (χ3v) is 2.76. The Bertz CT molecular complexity index is 596. The van der Waals surface area contributed by atoms with Gasteiger partial charge in [-0.3, -0.25) is 4.98 Å². The molecule has 20 heavy (non-hydrogen) atoms. The zero-order valence-corrected chi connectivity index (χ0v) is 10.7. The van der Waals surface area contributed by atoms with Crippen LogP contribution in [0.4, 0.5) is 13.2 Å². The fourth-order valence-electron chi connectivity index (χ4n) is 1.87. The molecule has 0 bridgehead atoms. The Hall–Kier alpha value is -2.08. The van der Waals surface area contributed by atoms with Gasteiger partial charge in [-0.15, -0.1) is 0 Å². The first-order valence-corrected chi connectivity index (χ1v) is 6.00. The van der Waals surface area contributed by atoms with Crippen molar-refractivity contribution >= 4 is 0 Å². The molecular formula is C14H13F3N2O. The van der Waals surface area contributed by atoms with Crippen molar-refractivity contribution < 1.29 is 17.9 Å². The predicted octanol–water partition coefficient (Wildman–Crippen LogP) is 2.95. The number of aromatic nitrogens is 1. The fourth-order valence-corrected chi connectivity index (χ4v) is 1.87. The number of nitrogens with two attached hydrogens (primary N) is 1. The van der Waals surface area contributed by atoms with Crippen molar-refractivity contribution in [2.24, 2.45) is 5.73 Å². The molecule has 1 aromatic carbocycles. The summed E-state index contributed by atoms with van der Waals surface area (Å²) < 4.78 is 45.5. The third-order valence-electron chi connectivity index (χ3n) is 2.76. The molecule has 0 amide bonds. The highest BCUT2D eigenvalue weighted by Gasteiger charge is 2.20. The Balaban J connectivity index is 2.41. The second-order valence-corrected chi connectivity index (χ2v) is 4.15.